The summed E-state index contributed by atoms with van der Waals surface area (Å²) in [5.74, 6) is 0.178. The third-order valence-corrected chi connectivity index (χ3v) is 7.33. The first-order valence-electron chi connectivity index (χ1n) is 11.1. The number of rotatable bonds is 3. The summed E-state index contributed by atoms with van der Waals surface area (Å²) in [4.78, 5) is 22.1. The zero-order valence-electron chi connectivity index (χ0n) is 17.8. The first kappa shape index (κ1) is 19.3. The molecule has 0 aliphatic carbocycles. The number of carbonyl (C=O) groups is 1. The van der Waals surface area contributed by atoms with Gasteiger partial charge in [-0.1, -0.05) is 24.3 Å². The number of amides is 1. The van der Waals surface area contributed by atoms with Crippen molar-refractivity contribution >= 4 is 16.8 Å². The van der Waals surface area contributed by atoms with E-state index in [9.17, 15) is 4.79 Å². The second kappa shape index (κ2) is 7.88. The Labute approximate surface area is 178 Å². The predicted molar refractivity (Wildman–Crippen MR) is 119 cm³/mol. The number of hydrogen-bond acceptors (Lipinski definition) is 3. The second-order valence-corrected chi connectivity index (χ2v) is 9.08. The molecule has 4 heterocycles. The van der Waals surface area contributed by atoms with Crippen molar-refractivity contribution in [1.82, 2.24) is 19.4 Å². The molecular formula is C25H30N4O. The largest absolute Gasteiger partial charge is 0.340 e. The Morgan fingerprint density at radius 1 is 1.00 bits per heavy atom. The van der Waals surface area contributed by atoms with Crippen LogP contribution in [0.2, 0.25) is 0 Å². The molecular weight excluding hydrogens is 372 g/mol. The van der Waals surface area contributed by atoms with E-state index in [0.717, 1.165) is 62.2 Å². The average molecular weight is 403 g/mol. The fraction of sp³-hybridized carbons (Fsp3) is 0.440. The Morgan fingerprint density at radius 3 is 2.43 bits per heavy atom. The number of fused-ring (bicyclic) bond motifs is 1. The summed E-state index contributed by atoms with van der Waals surface area (Å²) in [6, 6.07) is 14.4. The predicted octanol–water partition coefficient (Wildman–Crippen LogP) is 4.09. The van der Waals surface area contributed by atoms with Crippen molar-refractivity contribution in [3.05, 3.63) is 66.1 Å². The fourth-order valence-corrected chi connectivity index (χ4v) is 5.28. The van der Waals surface area contributed by atoms with E-state index in [-0.39, 0.29) is 5.91 Å². The van der Waals surface area contributed by atoms with E-state index in [1.165, 1.54) is 18.4 Å². The van der Waals surface area contributed by atoms with Crippen molar-refractivity contribution in [3.8, 4) is 0 Å². The van der Waals surface area contributed by atoms with Crippen LogP contribution in [0.5, 0.6) is 0 Å². The molecule has 0 atom stereocenters. The highest BCUT2D eigenvalue weighted by molar-refractivity contribution is 5.98. The van der Waals surface area contributed by atoms with Gasteiger partial charge in [-0.15, -0.1) is 0 Å². The number of likely N-dealkylation sites (tertiary alicyclic amines) is 2. The van der Waals surface area contributed by atoms with Crippen molar-refractivity contribution in [1.29, 1.82) is 0 Å². The van der Waals surface area contributed by atoms with E-state index in [1.54, 1.807) is 0 Å². The van der Waals surface area contributed by atoms with Crippen molar-refractivity contribution < 1.29 is 4.79 Å². The first-order valence-corrected chi connectivity index (χ1v) is 11.1. The van der Waals surface area contributed by atoms with E-state index in [0.29, 0.717) is 5.41 Å². The van der Waals surface area contributed by atoms with Crippen molar-refractivity contribution in [2.24, 2.45) is 12.5 Å². The molecule has 156 valence electrons. The van der Waals surface area contributed by atoms with E-state index >= 15 is 0 Å². The van der Waals surface area contributed by atoms with Crippen LogP contribution in [0.15, 0.2) is 54.9 Å². The summed E-state index contributed by atoms with van der Waals surface area (Å²) in [6.45, 7) is 5.04. The number of aromatic nitrogens is 2. The molecule has 2 aromatic heterocycles. The topological polar surface area (TPSA) is 41.4 Å². The highest BCUT2D eigenvalue weighted by atomic mass is 16.2. The van der Waals surface area contributed by atoms with Crippen LogP contribution in [0.1, 0.15) is 41.7 Å². The summed E-state index contributed by atoms with van der Waals surface area (Å²) in [5.41, 5.74) is 3.64. The van der Waals surface area contributed by atoms with Crippen LogP contribution in [-0.2, 0) is 13.6 Å². The van der Waals surface area contributed by atoms with E-state index < -0.39 is 0 Å². The fourth-order valence-electron chi connectivity index (χ4n) is 5.28. The molecule has 2 aliphatic heterocycles. The van der Waals surface area contributed by atoms with Gasteiger partial charge in [0.25, 0.3) is 5.91 Å². The monoisotopic (exact) mass is 402 g/mol. The maximum Gasteiger partial charge on any atom is 0.270 e. The Balaban J connectivity index is 1.19. The summed E-state index contributed by atoms with van der Waals surface area (Å²) in [5, 5.41) is 1.14. The van der Waals surface area contributed by atoms with Crippen LogP contribution in [0, 0.1) is 5.41 Å². The molecule has 2 aliphatic rings. The molecule has 0 bridgehead atoms. The molecule has 1 aromatic carbocycles. The lowest BCUT2D eigenvalue weighted by atomic mass is 9.71. The number of aryl methyl sites for hydroxylation is 1. The maximum atomic E-state index is 13.2. The SMILES string of the molecule is Cn1c(C(=O)N2CCC3(CCN(Cc4cccnc4)CC3)CC2)cc2ccccc21. The molecule has 1 spiro atoms. The molecule has 0 N–H and O–H groups in total. The molecule has 0 saturated carbocycles. The number of piperidine rings is 2. The van der Waals surface area contributed by atoms with Crippen LogP contribution >= 0.6 is 0 Å². The van der Waals surface area contributed by atoms with Gasteiger partial charge in [0.15, 0.2) is 0 Å². The molecule has 2 fully saturated rings. The zero-order chi connectivity index (χ0) is 20.6. The van der Waals surface area contributed by atoms with Gasteiger partial charge in [-0.2, -0.15) is 0 Å². The number of pyridine rings is 1. The second-order valence-electron chi connectivity index (χ2n) is 9.08. The van der Waals surface area contributed by atoms with Crippen LogP contribution < -0.4 is 0 Å². The minimum Gasteiger partial charge on any atom is -0.340 e. The highest BCUT2D eigenvalue weighted by Gasteiger charge is 2.38. The number of benzene rings is 1. The minimum absolute atomic E-state index is 0.178. The summed E-state index contributed by atoms with van der Waals surface area (Å²) in [6.07, 6.45) is 8.54. The Morgan fingerprint density at radius 2 is 1.73 bits per heavy atom. The average Bonchev–Trinajstić information content (AvgIpc) is 3.13. The van der Waals surface area contributed by atoms with Gasteiger partial charge in [0, 0.05) is 50.0 Å². The smallest absolute Gasteiger partial charge is 0.270 e. The van der Waals surface area contributed by atoms with Crippen LogP contribution in [0.25, 0.3) is 10.9 Å². The molecule has 30 heavy (non-hydrogen) atoms. The molecule has 0 unspecified atom stereocenters. The lowest BCUT2D eigenvalue weighted by molar-refractivity contribution is 0.0280. The molecule has 1 amide bonds. The number of carbonyl (C=O) groups excluding carboxylic acids is 1. The van der Waals surface area contributed by atoms with E-state index in [1.807, 2.05) is 48.3 Å². The van der Waals surface area contributed by atoms with Crippen LogP contribution in [0.4, 0.5) is 0 Å². The highest BCUT2D eigenvalue weighted by Crippen LogP contribution is 2.41. The van der Waals surface area contributed by atoms with Gasteiger partial charge in [-0.3, -0.25) is 14.7 Å². The summed E-state index contributed by atoms with van der Waals surface area (Å²) < 4.78 is 2.04. The third kappa shape index (κ3) is 3.63. The quantitative estimate of drug-likeness (QED) is 0.663. The van der Waals surface area contributed by atoms with Crippen molar-refractivity contribution in [2.45, 2.75) is 32.2 Å². The zero-order valence-corrected chi connectivity index (χ0v) is 17.8. The third-order valence-electron chi connectivity index (χ3n) is 7.33. The van der Waals surface area contributed by atoms with Gasteiger partial charge < -0.3 is 9.47 Å². The Hall–Kier alpha value is -2.66. The number of hydrogen-bond donors (Lipinski definition) is 0. The molecule has 5 heteroatoms. The van der Waals surface area contributed by atoms with E-state index in [2.05, 4.69) is 33.0 Å². The van der Waals surface area contributed by atoms with Crippen LogP contribution in [-0.4, -0.2) is 51.4 Å². The van der Waals surface area contributed by atoms with Crippen LogP contribution in [0.3, 0.4) is 0 Å². The molecule has 5 rings (SSSR count). The molecule has 3 aromatic rings. The summed E-state index contributed by atoms with van der Waals surface area (Å²) >= 11 is 0. The summed E-state index contributed by atoms with van der Waals surface area (Å²) in [7, 11) is 2.00. The molecule has 0 radical (unpaired) electrons. The van der Waals surface area contributed by atoms with Gasteiger partial charge in [0.2, 0.25) is 0 Å². The van der Waals surface area contributed by atoms with Gasteiger partial charge in [-0.05, 0) is 68.0 Å². The minimum atomic E-state index is 0.178. The van der Waals surface area contributed by atoms with Gasteiger partial charge in [-0.25, -0.2) is 0 Å². The van der Waals surface area contributed by atoms with Crippen molar-refractivity contribution in [3.63, 3.8) is 0 Å². The van der Waals surface area contributed by atoms with Crippen molar-refractivity contribution in [2.75, 3.05) is 26.2 Å². The van der Waals surface area contributed by atoms with Gasteiger partial charge >= 0.3 is 0 Å². The Kier molecular flexibility index (Phi) is 5.07. The molecule has 5 nitrogen and oxygen atoms in total. The van der Waals surface area contributed by atoms with Gasteiger partial charge in [0.1, 0.15) is 5.69 Å². The van der Waals surface area contributed by atoms with Gasteiger partial charge in [0.05, 0.1) is 0 Å². The first-order chi connectivity index (χ1) is 14.6. The lowest BCUT2D eigenvalue weighted by Crippen LogP contribution is -2.48. The number of nitrogens with zero attached hydrogens (tertiary/aromatic N) is 4. The Bertz CT molecular complexity index is 1020. The number of para-hydroxylation sites is 1. The lowest BCUT2D eigenvalue weighted by Gasteiger charge is -2.47. The van der Waals surface area contributed by atoms with E-state index in [4.69, 9.17) is 0 Å². The standard InChI is InChI=1S/C25H30N4O/c1-27-22-7-3-2-6-21(22)17-23(27)24(30)29-15-10-25(11-16-29)8-13-28(14-9-25)19-20-5-4-12-26-18-20/h2-7,12,17-18H,8-11,13-16,19H2,1H3. The molecule has 2 saturated heterocycles. The normalized spacial score (nSPS) is 19.4. The maximum absolute atomic E-state index is 13.2.